The topological polar surface area (TPSA) is 132 Å². The molecule has 0 unspecified atom stereocenters. The zero-order valence-electron chi connectivity index (χ0n) is 19.3. The fraction of sp³-hybridized carbons (Fsp3) is 0.750. The van der Waals surface area contributed by atoms with Gasteiger partial charge in [0.1, 0.15) is 6.23 Å². The number of nitrogens with zero attached hydrogens (tertiary/aromatic N) is 5. The van der Waals surface area contributed by atoms with Crippen molar-refractivity contribution in [1.29, 1.82) is 0 Å². The molecule has 0 spiro atoms. The zero-order chi connectivity index (χ0) is 22.9. The summed E-state index contributed by atoms with van der Waals surface area (Å²) in [7, 11) is -3.17. The molecule has 2 saturated heterocycles. The number of ether oxygens (including phenoxy) is 1. The van der Waals surface area contributed by atoms with Gasteiger partial charge in [0.15, 0.2) is 17.0 Å². The van der Waals surface area contributed by atoms with Crippen LogP contribution < -0.4 is 20.8 Å². The average molecular weight is 467 g/mol. The minimum Gasteiger partial charge on any atom is -0.368 e. The second-order valence-corrected chi connectivity index (χ2v) is 11.0. The Kier molecular flexibility index (Phi) is 7.02. The van der Waals surface area contributed by atoms with Crippen LogP contribution in [0.4, 0.5) is 11.8 Å². The number of hydrogen-bond acceptors (Lipinski definition) is 8. The van der Waals surface area contributed by atoms with Crippen molar-refractivity contribution in [2.24, 2.45) is 0 Å². The molecule has 0 aliphatic carbocycles. The smallest absolute Gasteiger partial charge is 0.341 e. The highest BCUT2D eigenvalue weighted by atomic mass is 31.2. The summed E-state index contributed by atoms with van der Waals surface area (Å²) in [5.74, 6) is 1.03. The number of fused-ring (bicyclic) bond motifs is 1. The summed E-state index contributed by atoms with van der Waals surface area (Å²) >= 11 is 0. The highest BCUT2D eigenvalue weighted by Gasteiger charge is 2.33. The lowest BCUT2D eigenvalue weighted by Crippen LogP contribution is -2.34. The fourth-order valence-electron chi connectivity index (χ4n) is 4.27. The maximum absolute atomic E-state index is 13.1. The predicted octanol–water partition coefficient (Wildman–Crippen LogP) is 2.81. The molecule has 178 valence electrons. The van der Waals surface area contributed by atoms with Crippen LogP contribution in [0.15, 0.2) is 6.33 Å². The molecule has 32 heavy (non-hydrogen) atoms. The third-order valence-corrected chi connectivity index (χ3v) is 7.75. The minimum absolute atomic E-state index is 0.0246. The van der Waals surface area contributed by atoms with Gasteiger partial charge in [-0.1, -0.05) is 0 Å². The lowest BCUT2D eigenvalue weighted by Gasteiger charge is -2.25. The van der Waals surface area contributed by atoms with E-state index >= 15 is 0 Å². The van der Waals surface area contributed by atoms with Crippen LogP contribution in [0.5, 0.6) is 0 Å². The highest BCUT2D eigenvalue weighted by molar-refractivity contribution is 7.54. The van der Waals surface area contributed by atoms with Gasteiger partial charge in [-0.05, 0) is 53.4 Å². The van der Waals surface area contributed by atoms with Crippen molar-refractivity contribution in [2.45, 2.75) is 77.8 Å². The molecule has 0 radical (unpaired) electrons. The van der Waals surface area contributed by atoms with E-state index in [9.17, 15) is 4.57 Å². The Bertz CT molecular complexity index is 961. The first-order valence-corrected chi connectivity index (χ1v) is 13.1. The van der Waals surface area contributed by atoms with Crippen LogP contribution in [0, 0.1) is 0 Å². The maximum Gasteiger partial charge on any atom is 0.341 e. The van der Waals surface area contributed by atoms with E-state index in [1.807, 2.05) is 32.3 Å². The van der Waals surface area contributed by atoms with E-state index < -0.39 is 7.67 Å². The van der Waals surface area contributed by atoms with Crippen LogP contribution in [0.25, 0.3) is 11.2 Å². The van der Waals surface area contributed by atoms with Gasteiger partial charge in [-0.25, -0.2) is 15.2 Å². The van der Waals surface area contributed by atoms with Gasteiger partial charge in [0.2, 0.25) is 5.95 Å². The lowest BCUT2D eigenvalue weighted by molar-refractivity contribution is -0.0162. The Morgan fingerprint density at radius 2 is 1.88 bits per heavy atom. The van der Waals surface area contributed by atoms with Crippen molar-refractivity contribution in [3.05, 3.63) is 6.33 Å². The van der Waals surface area contributed by atoms with Gasteiger partial charge in [0.05, 0.1) is 19.0 Å². The molecule has 4 N–H and O–H groups in total. The Morgan fingerprint density at radius 3 is 2.53 bits per heavy atom. The third-order valence-electron chi connectivity index (χ3n) is 5.52. The van der Waals surface area contributed by atoms with Crippen LogP contribution in [0.1, 0.15) is 59.6 Å². The molecule has 2 aliphatic heterocycles. The molecule has 2 aromatic heterocycles. The average Bonchev–Trinajstić information content (AvgIpc) is 3.44. The minimum atomic E-state index is -3.17. The van der Waals surface area contributed by atoms with Crippen molar-refractivity contribution in [3.63, 3.8) is 0 Å². The van der Waals surface area contributed by atoms with Crippen LogP contribution >= 0.6 is 7.67 Å². The number of imidazole rings is 1. The van der Waals surface area contributed by atoms with E-state index in [1.165, 1.54) is 0 Å². The summed E-state index contributed by atoms with van der Waals surface area (Å²) in [5, 5.41) is 6.06. The van der Waals surface area contributed by atoms with Crippen molar-refractivity contribution in [1.82, 2.24) is 29.7 Å². The third kappa shape index (κ3) is 5.23. The summed E-state index contributed by atoms with van der Waals surface area (Å²) in [6.45, 7) is 9.89. The number of nitrogens with two attached hydrogens (primary N) is 1. The molecule has 0 aromatic carbocycles. The van der Waals surface area contributed by atoms with Crippen LogP contribution in [0.3, 0.4) is 0 Å². The first-order valence-electron chi connectivity index (χ1n) is 11.4. The second kappa shape index (κ2) is 9.61. The van der Waals surface area contributed by atoms with Crippen LogP contribution in [0.2, 0.25) is 0 Å². The van der Waals surface area contributed by atoms with Gasteiger partial charge in [-0.15, -0.1) is 0 Å². The Hall–Kier alpha value is -1.78. The number of hydrogen-bond donors (Lipinski definition) is 3. The van der Waals surface area contributed by atoms with Gasteiger partial charge in [-0.3, -0.25) is 9.13 Å². The van der Waals surface area contributed by atoms with E-state index in [4.69, 9.17) is 15.0 Å². The Labute approximate surface area is 189 Å². The quantitative estimate of drug-likeness (QED) is 0.474. The summed E-state index contributed by atoms with van der Waals surface area (Å²) in [6, 6.07) is 0.0492. The molecule has 4 heterocycles. The van der Waals surface area contributed by atoms with Crippen molar-refractivity contribution >= 4 is 30.6 Å². The van der Waals surface area contributed by atoms with E-state index in [1.54, 1.807) is 6.33 Å². The fourth-order valence-corrected chi connectivity index (χ4v) is 6.23. The molecule has 2 atom stereocenters. The van der Waals surface area contributed by atoms with E-state index in [0.717, 1.165) is 50.1 Å². The van der Waals surface area contributed by atoms with Crippen molar-refractivity contribution < 1.29 is 13.8 Å². The number of aromatic nitrogens is 4. The van der Waals surface area contributed by atoms with Crippen molar-refractivity contribution in [3.8, 4) is 0 Å². The molecular weight excluding hydrogens is 431 g/mol. The van der Waals surface area contributed by atoms with E-state index in [2.05, 4.69) is 30.0 Å². The van der Waals surface area contributed by atoms with E-state index in [0.29, 0.717) is 5.65 Å². The molecule has 0 bridgehead atoms. The zero-order valence-corrected chi connectivity index (χ0v) is 20.2. The Morgan fingerprint density at radius 1 is 1.19 bits per heavy atom. The Balaban J connectivity index is 1.46. The van der Waals surface area contributed by atoms with Gasteiger partial charge < -0.3 is 19.9 Å². The number of anilines is 2. The largest absolute Gasteiger partial charge is 0.368 e. The summed E-state index contributed by atoms with van der Waals surface area (Å²) in [5.41, 5.74) is 7.45. The monoisotopic (exact) mass is 466 g/mol. The van der Waals surface area contributed by atoms with Gasteiger partial charge >= 0.3 is 7.67 Å². The van der Waals surface area contributed by atoms with Gasteiger partial charge in [0, 0.05) is 25.2 Å². The normalized spacial score (nSPS) is 22.1. The first-order chi connectivity index (χ1) is 15.2. The van der Waals surface area contributed by atoms with Gasteiger partial charge in [-0.2, -0.15) is 9.97 Å². The molecular formula is C20H35N8O3P. The summed E-state index contributed by atoms with van der Waals surface area (Å²) in [4.78, 5) is 15.7. The molecule has 2 aromatic rings. The molecule has 12 heteroatoms. The molecule has 0 amide bonds. The number of rotatable bonds is 9. The molecule has 2 aliphatic rings. The lowest BCUT2D eigenvalue weighted by atomic mass is 10.2. The first kappa shape index (κ1) is 23.4. The number of nitrogens with one attached hydrogen (secondary N) is 2. The standard InChI is InChI=1S/C20H35N8O3P/c1-13(2)25-32(29,26-14(3)4)30-11-15-7-8-16(31-15)28-12-22-17-18(27-9-5-6-10-27)23-20(21)24-19(17)28/h12-16H,5-11H2,1-4H3,(H2,21,23,24)(H2,25,26,29)/t15-,16+/m1/s1. The highest BCUT2D eigenvalue weighted by Crippen LogP contribution is 2.41. The maximum atomic E-state index is 13.1. The SMILES string of the molecule is CC(C)NP(=O)(NC(C)C)OC[C@H]1CC[C@@H](n2cnc3c(N4CCCC4)nc(N)nc32)O1. The predicted molar refractivity (Wildman–Crippen MR) is 124 cm³/mol. The van der Waals surface area contributed by atoms with Crippen LogP contribution in [-0.4, -0.2) is 57.4 Å². The van der Waals surface area contributed by atoms with E-state index in [-0.39, 0.29) is 37.0 Å². The van der Waals surface area contributed by atoms with Gasteiger partial charge in [0.25, 0.3) is 0 Å². The summed E-state index contributed by atoms with van der Waals surface area (Å²) < 4.78 is 27.1. The summed E-state index contributed by atoms with van der Waals surface area (Å²) in [6.07, 6.45) is 5.18. The number of nitrogen functional groups attached to an aromatic ring is 1. The molecule has 0 saturated carbocycles. The second-order valence-electron chi connectivity index (χ2n) is 9.13. The molecule has 2 fully saturated rings. The van der Waals surface area contributed by atoms with Crippen LogP contribution in [-0.2, 0) is 13.8 Å². The molecule has 4 rings (SSSR count). The van der Waals surface area contributed by atoms with Crippen molar-refractivity contribution in [2.75, 3.05) is 30.3 Å². The molecule has 11 nitrogen and oxygen atoms in total.